The number of benzene rings is 1. The van der Waals surface area contributed by atoms with E-state index in [1.165, 1.54) is 0 Å². The molecule has 1 amide bonds. The van der Waals surface area contributed by atoms with Gasteiger partial charge in [0.1, 0.15) is 6.33 Å². The van der Waals surface area contributed by atoms with Crippen LogP contribution in [0.2, 0.25) is 0 Å². The van der Waals surface area contributed by atoms with E-state index >= 15 is 0 Å². The van der Waals surface area contributed by atoms with Crippen LogP contribution in [0.25, 0.3) is 16.7 Å². The van der Waals surface area contributed by atoms with Crippen molar-refractivity contribution in [3.63, 3.8) is 0 Å². The molecule has 0 saturated heterocycles. The molecule has 6 nitrogen and oxygen atoms in total. The molecule has 0 spiro atoms. The number of primary amides is 1. The molecule has 1 aromatic carbocycles. The zero-order chi connectivity index (χ0) is 11.1. The van der Waals surface area contributed by atoms with Crippen LogP contribution in [0.15, 0.2) is 30.7 Å². The standard InChI is InChI=1S/C10H7N5O/c11-9(16)6-1-2-8-7(3-6)4-12-10-14-13-5-15(8)10/h1-5H,(H2,11,16). The van der Waals surface area contributed by atoms with E-state index in [0.717, 1.165) is 10.9 Å². The first-order valence-corrected chi connectivity index (χ1v) is 4.64. The summed E-state index contributed by atoms with van der Waals surface area (Å²) in [6.45, 7) is 0. The molecule has 0 fully saturated rings. The third-order valence-corrected chi connectivity index (χ3v) is 2.42. The fraction of sp³-hybridized carbons (Fsp3) is 0. The van der Waals surface area contributed by atoms with E-state index in [0.29, 0.717) is 11.3 Å². The molecule has 2 heterocycles. The zero-order valence-electron chi connectivity index (χ0n) is 8.16. The van der Waals surface area contributed by atoms with E-state index < -0.39 is 5.91 Å². The maximum atomic E-state index is 11.0. The average Bonchev–Trinajstić information content (AvgIpc) is 2.76. The second kappa shape index (κ2) is 2.99. The van der Waals surface area contributed by atoms with Gasteiger partial charge < -0.3 is 5.73 Å². The molecule has 0 unspecified atom stereocenters. The summed E-state index contributed by atoms with van der Waals surface area (Å²) >= 11 is 0. The largest absolute Gasteiger partial charge is 0.366 e. The summed E-state index contributed by atoms with van der Waals surface area (Å²) in [6, 6.07) is 5.17. The number of rotatable bonds is 1. The maximum absolute atomic E-state index is 11.0. The number of aromatic nitrogens is 4. The van der Waals surface area contributed by atoms with Crippen LogP contribution >= 0.6 is 0 Å². The van der Waals surface area contributed by atoms with Crippen molar-refractivity contribution in [3.8, 4) is 0 Å². The monoisotopic (exact) mass is 213 g/mol. The second-order valence-corrected chi connectivity index (χ2v) is 3.40. The maximum Gasteiger partial charge on any atom is 0.255 e. The van der Waals surface area contributed by atoms with Crippen LogP contribution in [0.4, 0.5) is 0 Å². The minimum absolute atomic E-state index is 0.453. The number of hydrogen-bond donors (Lipinski definition) is 1. The molecule has 0 atom stereocenters. The summed E-state index contributed by atoms with van der Waals surface area (Å²) in [5.74, 6) is 0.0741. The fourth-order valence-corrected chi connectivity index (χ4v) is 1.64. The molecule has 0 aliphatic carbocycles. The highest BCUT2D eigenvalue weighted by Gasteiger charge is 2.05. The minimum Gasteiger partial charge on any atom is -0.366 e. The number of hydrogen-bond acceptors (Lipinski definition) is 4. The lowest BCUT2D eigenvalue weighted by Crippen LogP contribution is -2.10. The van der Waals surface area contributed by atoms with Crippen LogP contribution in [0.3, 0.4) is 0 Å². The molecule has 3 rings (SSSR count). The van der Waals surface area contributed by atoms with Gasteiger partial charge in [-0.1, -0.05) is 0 Å². The molecule has 2 aromatic heterocycles. The van der Waals surface area contributed by atoms with Crippen molar-refractivity contribution in [2.75, 3.05) is 0 Å². The van der Waals surface area contributed by atoms with Crippen molar-refractivity contribution in [2.45, 2.75) is 0 Å². The van der Waals surface area contributed by atoms with E-state index in [1.807, 2.05) is 0 Å². The summed E-state index contributed by atoms with van der Waals surface area (Å²) in [4.78, 5) is 15.1. The van der Waals surface area contributed by atoms with Gasteiger partial charge in [0, 0.05) is 17.1 Å². The van der Waals surface area contributed by atoms with Crippen molar-refractivity contribution in [2.24, 2.45) is 5.73 Å². The Morgan fingerprint density at radius 3 is 3.06 bits per heavy atom. The van der Waals surface area contributed by atoms with Gasteiger partial charge in [-0.25, -0.2) is 4.98 Å². The highest BCUT2D eigenvalue weighted by atomic mass is 16.1. The van der Waals surface area contributed by atoms with Gasteiger partial charge in [-0.2, -0.15) is 0 Å². The molecule has 6 heteroatoms. The molecule has 16 heavy (non-hydrogen) atoms. The number of nitrogens with zero attached hydrogens (tertiary/aromatic N) is 4. The predicted molar refractivity (Wildman–Crippen MR) is 56.8 cm³/mol. The van der Waals surface area contributed by atoms with Crippen molar-refractivity contribution < 1.29 is 4.79 Å². The van der Waals surface area contributed by atoms with Gasteiger partial charge >= 0.3 is 0 Å². The molecule has 3 aromatic rings. The topological polar surface area (TPSA) is 86.2 Å². The predicted octanol–water partition coefficient (Wildman–Crippen LogP) is 0.376. The Labute approximate surface area is 89.7 Å². The summed E-state index contributed by atoms with van der Waals surface area (Å²) in [5, 5.41) is 8.43. The summed E-state index contributed by atoms with van der Waals surface area (Å²) < 4.78 is 1.75. The smallest absolute Gasteiger partial charge is 0.255 e. The number of fused-ring (bicyclic) bond motifs is 3. The Bertz CT molecular complexity index is 703. The van der Waals surface area contributed by atoms with Crippen LogP contribution in [0.5, 0.6) is 0 Å². The zero-order valence-corrected chi connectivity index (χ0v) is 8.16. The normalized spacial score (nSPS) is 11.0. The molecular weight excluding hydrogens is 206 g/mol. The SMILES string of the molecule is NC(=O)c1ccc2c(cnc3nncn32)c1. The molecule has 0 radical (unpaired) electrons. The lowest BCUT2D eigenvalue weighted by Gasteiger charge is -2.01. The quantitative estimate of drug-likeness (QED) is 0.633. The summed E-state index contributed by atoms with van der Waals surface area (Å²) in [5.41, 5.74) is 6.56. The van der Waals surface area contributed by atoms with E-state index in [9.17, 15) is 4.79 Å². The highest BCUT2D eigenvalue weighted by Crippen LogP contribution is 2.15. The second-order valence-electron chi connectivity index (χ2n) is 3.40. The lowest BCUT2D eigenvalue weighted by atomic mass is 10.1. The van der Waals surface area contributed by atoms with Gasteiger partial charge in [-0.15, -0.1) is 10.2 Å². The van der Waals surface area contributed by atoms with Crippen LogP contribution in [-0.4, -0.2) is 25.5 Å². The number of amides is 1. The Morgan fingerprint density at radius 1 is 1.38 bits per heavy atom. The molecule has 0 bridgehead atoms. The molecule has 78 valence electrons. The molecule has 2 N–H and O–H groups in total. The minimum atomic E-state index is -0.453. The van der Waals surface area contributed by atoms with Crippen molar-refractivity contribution in [1.29, 1.82) is 0 Å². The van der Waals surface area contributed by atoms with Gasteiger partial charge in [0.25, 0.3) is 5.78 Å². The van der Waals surface area contributed by atoms with E-state index in [4.69, 9.17) is 5.73 Å². The van der Waals surface area contributed by atoms with Crippen LogP contribution in [0, 0.1) is 0 Å². The van der Waals surface area contributed by atoms with Gasteiger partial charge in [-0.05, 0) is 18.2 Å². The van der Waals surface area contributed by atoms with E-state index in [2.05, 4.69) is 15.2 Å². The fourth-order valence-electron chi connectivity index (χ4n) is 1.64. The first kappa shape index (κ1) is 8.78. The van der Waals surface area contributed by atoms with Gasteiger partial charge in [0.15, 0.2) is 0 Å². The Kier molecular flexibility index (Phi) is 1.64. The number of nitrogens with two attached hydrogens (primary N) is 1. The first-order chi connectivity index (χ1) is 7.75. The summed E-state index contributed by atoms with van der Waals surface area (Å²) in [7, 11) is 0. The van der Waals surface area contributed by atoms with Crippen LogP contribution in [0.1, 0.15) is 10.4 Å². The van der Waals surface area contributed by atoms with Crippen molar-refractivity contribution >= 4 is 22.6 Å². The molecular formula is C10H7N5O. The van der Waals surface area contributed by atoms with Gasteiger partial charge in [0.05, 0.1) is 5.52 Å². The molecule has 0 aliphatic heterocycles. The third-order valence-electron chi connectivity index (χ3n) is 2.42. The molecule has 0 saturated carbocycles. The van der Waals surface area contributed by atoms with E-state index in [-0.39, 0.29) is 0 Å². The molecule has 0 aliphatic rings. The lowest BCUT2D eigenvalue weighted by molar-refractivity contribution is 0.100. The van der Waals surface area contributed by atoms with E-state index in [1.54, 1.807) is 35.1 Å². The number of carbonyl (C=O) groups excluding carboxylic acids is 1. The summed E-state index contributed by atoms with van der Waals surface area (Å²) in [6.07, 6.45) is 3.22. The third kappa shape index (κ3) is 1.13. The Hall–Kier alpha value is -2.50. The van der Waals surface area contributed by atoms with Crippen molar-refractivity contribution in [1.82, 2.24) is 19.6 Å². The Morgan fingerprint density at radius 2 is 2.25 bits per heavy atom. The number of carbonyl (C=O) groups is 1. The Balaban J connectivity index is 2.41. The average molecular weight is 213 g/mol. The van der Waals surface area contributed by atoms with Gasteiger partial charge in [-0.3, -0.25) is 9.20 Å². The highest BCUT2D eigenvalue weighted by molar-refractivity contribution is 5.97. The first-order valence-electron chi connectivity index (χ1n) is 4.64. The van der Waals surface area contributed by atoms with Crippen molar-refractivity contribution in [3.05, 3.63) is 36.3 Å². The van der Waals surface area contributed by atoms with Gasteiger partial charge in [0.2, 0.25) is 5.91 Å². The van der Waals surface area contributed by atoms with Crippen LogP contribution < -0.4 is 5.73 Å². The van der Waals surface area contributed by atoms with Crippen LogP contribution in [-0.2, 0) is 0 Å².